The molecule has 0 atom stereocenters. The minimum Gasteiger partial charge on any atom is -0.298 e. The van der Waals surface area contributed by atoms with Crippen molar-refractivity contribution >= 4 is 28.3 Å². The molecule has 0 aliphatic carbocycles. The van der Waals surface area contributed by atoms with Crippen LogP contribution in [0, 0.1) is 0 Å². The van der Waals surface area contributed by atoms with E-state index in [-0.39, 0.29) is 0 Å². The van der Waals surface area contributed by atoms with Crippen molar-refractivity contribution in [3.05, 3.63) is 65.2 Å². The average Bonchev–Trinajstić information content (AvgIpc) is 2.45. The van der Waals surface area contributed by atoms with Crippen LogP contribution in [0.4, 0.5) is 0 Å². The maximum atomic E-state index is 11.3. The van der Waals surface area contributed by atoms with Crippen LogP contribution in [0.5, 0.6) is 0 Å². The SMILES string of the molecule is CS(=O)(=O)c1ccc(/C=C/c2ccc(C=O)cc2)cc1. The van der Waals surface area contributed by atoms with Gasteiger partial charge < -0.3 is 0 Å². The Morgan fingerprint density at radius 3 is 1.55 bits per heavy atom. The highest BCUT2D eigenvalue weighted by Crippen LogP contribution is 2.13. The van der Waals surface area contributed by atoms with Gasteiger partial charge in [0.25, 0.3) is 0 Å². The number of hydrogen-bond donors (Lipinski definition) is 0. The molecule has 0 spiro atoms. The molecule has 2 aromatic carbocycles. The first-order valence-electron chi connectivity index (χ1n) is 6.02. The van der Waals surface area contributed by atoms with E-state index in [0.29, 0.717) is 10.5 Å². The molecule has 0 radical (unpaired) electrons. The van der Waals surface area contributed by atoms with E-state index in [1.54, 1.807) is 36.4 Å². The van der Waals surface area contributed by atoms with Gasteiger partial charge in [-0.15, -0.1) is 0 Å². The highest BCUT2D eigenvalue weighted by atomic mass is 32.2. The first-order valence-corrected chi connectivity index (χ1v) is 7.91. The highest BCUT2D eigenvalue weighted by molar-refractivity contribution is 7.90. The Labute approximate surface area is 118 Å². The van der Waals surface area contributed by atoms with Crippen molar-refractivity contribution in [3.63, 3.8) is 0 Å². The minimum atomic E-state index is -3.15. The van der Waals surface area contributed by atoms with Gasteiger partial charge in [0.15, 0.2) is 9.84 Å². The smallest absolute Gasteiger partial charge is 0.175 e. The van der Waals surface area contributed by atoms with Crippen LogP contribution in [0.15, 0.2) is 53.4 Å². The largest absolute Gasteiger partial charge is 0.298 e. The lowest BCUT2D eigenvalue weighted by molar-refractivity contribution is 0.112. The zero-order valence-corrected chi connectivity index (χ0v) is 11.8. The molecule has 20 heavy (non-hydrogen) atoms. The third-order valence-electron chi connectivity index (χ3n) is 2.85. The summed E-state index contributed by atoms with van der Waals surface area (Å²) in [4.78, 5) is 10.9. The summed E-state index contributed by atoms with van der Waals surface area (Å²) in [7, 11) is -3.15. The van der Waals surface area contributed by atoms with Crippen LogP contribution < -0.4 is 0 Å². The Kier molecular flexibility index (Phi) is 4.15. The van der Waals surface area contributed by atoms with Crippen molar-refractivity contribution in [1.29, 1.82) is 0 Å². The first kappa shape index (κ1) is 14.2. The number of carbonyl (C=O) groups excluding carboxylic acids is 1. The Balaban J connectivity index is 2.16. The van der Waals surface area contributed by atoms with Gasteiger partial charge in [0, 0.05) is 11.8 Å². The van der Waals surface area contributed by atoms with E-state index in [2.05, 4.69) is 0 Å². The molecule has 2 rings (SSSR count). The summed E-state index contributed by atoms with van der Waals surface area (Å²) in [6.07, 6.45) is 5.79. The van der Waals surface area contributed by atoms with Gasteiger partial charge in [-0.3, -0.25) is 4.79 Å². The number of sulfone groups is 1. The minimum absolute atomic E-state index is 0.310. The van der Waals surface area contributed by atoms with E-state index < -0.39 is 9.84 Å². The number of hydrogen-bond acceptors (Lipinski definition) is 3. The predicted molar refractivity (Wildman–Crippen MR) is 80.3 cm³/mol. The number of carbonyl (C=O) groups is 1. The molecule has 0 bridgehead atoms. The van der Waals surface area contributed by atoms with Crippen LogP contribution in [0.25, 0.3) is 12.2 Å². The quantitative estimate of drug-likeness (QED) is 0.641. The maximum Gasteiger partial charge on any atom is 0.175 e. The van der Waals surface area contributed by atoms with Gasteiger partial charge >= 0.3 is 0 Å². The third kappa shape index (κ3) is 3.65. The summed E-state index contributed by atoms with van der Waals surface area (Å²) >= 11 is 0. The van der Waals surface area contributed by atoms with E-state index >= 15 is 0 Å². The Hall–Kier alpha value is -2.20. The molecule has 0 aliphatic rings. The second-order valence-corrected chi connectivity index (χ2v) is 6.47. The second-order valence-electron chi connectivity index (χ2n) is 4.46. The maximum absolute atomic E-state index is 11.3. The third-order valence-corrected chi connectivity index (χ3v) is 3.98. The summed E-state index contributed by atoms with van der Waals surface area (Å²) < 4.78 is 22.7. The molecule has 0 amide bonds. The van der Waals surface area contributed by atoms with Gasteiger partial charge in [-0.25, -0.2) is 8.42 Å². The first-order chi connectivity index (χ1) is 9.49. The molecular formula is C16H14O3S. The van der Waals surface area contributed by atoms with Crippen LogP contribution in [0.3, 0.4) is 0 Å². The lowest BCUT2D eigenvalue weighted by Gasteiger charge is -1.99. The van der Waals surface area contributed by atoms with E-state index in [0.717, 1.165) is 17.4 Å². The number of aldehydes is 1. The topological polar surface area (TPSA) is 51.2 Å². The van der Waals surface area contributed by atoms with Crippen molar-refractivity contribution in [3.8, 4) is 0 Å². The molecule has 0 saturated heterocycles. The summed E-state index contributed by atoms with van der Waals surface area (Å²) in [5, 5.41) is 0. The zero-order chi connectivity index (χ0) is 14.6. The van der Waals surface area contributed by atoms with Gasteiger partial charge in [-0.2, -0.15) is 0 Å². The van der Waals surface area contributed by atoms with Crippen LogP contribution in [0.2, 0.25) is 0 Å². The number of rotatable bonds is 4. The van der Waals surface area contributed by atoms with Crippen LogP contribution in [0.1, 0.15) is 21.5 Å². The van der Waals surface area contributed by atoms with E-state index in [1.807, 2.05) is 24.3 Å². The van der Waals surface area contributed by atoms with E-state index in [4.69, 9.17) is 0 Å². The van der Waals surface area contributed by atoms with Gasteiger partial charge in [0.1, 0.15) is 6.29 Å². The fraction of sp³-hybridized carbons (Fsp3) is 0.0625. The van der Waals surface area contributed by atoms with Gasteiger partial charge in [0.2, 0.25) is 0 Å². The van der Waals surface area contributed by atoms with Gasteiger partial charge in [-0.05, 0) is 23.3 Å². The van der Waals surface area contributed by atoms with E-state index in [1.165, 1.54) is 6.26 Å². The molecule has 0 saturated carbocycles. The fourth-order valence-corrected chi connectivity index (χ4v) is 2.33. The molecule has 0 aromatic heterocycles. The summed E-state index contributed by atoms with van der Waals surface area (Å²) in [5.74, 6) is 0. The molecule has 0 unspecified atom stereocenters. The van der Waals surface area contributed by atoms with E-state index in [9.17, 15) is 13.2 Å². The molecule has 3 nitrogen and oxygen atoms in total. The standard InChI is InChI=1S/C16H14O3S/c1-20(18,19)16-10-8-14(9-11-16)3-2-13-4-6-15(12-17)7-5-13/h2-12H,1H3/b3-2+. The predicted octanol–water partition coefficient (Wildman–Crippen LogP) is 3.07. The Morgan fingerprint density at radius 1 is 0.750 bits per heavy atom. The molecule has 0 heterocycles. The normalized spacial score (nSPS) is 11.7. The van der Waals surface area contributed by atoms with Gasteiger partial charge in [0.05, 0.1) is 4.90 Å². The summed E-state index contributed by atoms with van der Waals surface area (Å²) in [6.45, 7) is 0. The molecule has 102 valence electrons. The molecule has 4 heteroatoms. The monoisotopic (exact) mass is 286 g/mol. The molecule has 2 aromatic rings. The average molecular weight is 286 g/mol. The fourth-order valence-electron chi connectivity index (χ4n) is 1.70. The van der Waals surface area contributed by atoms with Crippen molar-refractivity contribution in [2.45, 2.75) is 4.90 Å². The molecular weight excluding hydrogens is 272 g/mol. The lowest BCUT2D eigenvalue weighted by atomic mass is 10.1. The Morgan fingerprint density at radius 2 is 1.15 bits per heavy atom. The van der Waals surface area contributed by atoms with Crippen LogP contribution in [-0.2, 0) is 9.84 Å². The summed E-state index contributed by atoms with van der Waals surface area (Å²) in [5.41, 5.74) is 2.53. The second kappa shape index (κ2) is 5.84. The van der Waals surface area contributed by atoms with Crippen LogP contribution >= 0.6 is 0 Å². The van der Waals surface area contributed by atoms with Crippen molar-refractivity contribution in [2.24, 2.45) is 0 Å². The van der Waals surface area contributed by atoms with Crippen molar-refractivity contribution in [1.82, 2.24) is 0 Å². The van der Waals surface area contributed by atoms with Crippen molar-refractivity contribution in [2.75, 3.05) is 6.26 Å². The molecule has 0 fully saturated rings. The Bertz CT molecular complexity index is 724. The molecule has 0 aliphatic heterocycles. The van der Waals surface area contributed by atoms with Crippen molar-refractivity contribution < 1.29 is 13.2 Å². The van der Waals surface area contributed by atoms with Crippen LogP contribution in [-0.4, -0.2) is 21.0 Å². The number of benzene rings is 2. The lowest BCUT2D eigenvalue weighted by Crippen LogP contribution is -1.95. The highest BCUT2D eigenvalue weighted by Gasteiger charge is 2.04. The van der Waals surface area contributed by atoms with Gasteiger partial charge in [-0.1, -0.05) is 48.6 Å². The molecule has 0 N–H and O–H groups in total. The summed E-state index contributed by atoms with van der Waals surface area (Å²) in [6, 6.07) is 13.9. The zero-order valence-electron chi connectivity index (χ0n) is 11.0.